The van der Waals surface area contributed by atoms with Crippen LogP contribution in [0.25, 0.3) is 0 Å². The minimum absolute atomic E-state index is 0.0861. The summed E-state index contributed by atoms with van der Waals surface area (Å²) in [6, 6.07) is 18.8. The molecule has 3 heteroatoms. The highest BCUT2D eigenvalue weighted by molar-refractivity contribution is 6.51. The van der Waals surface area contributed by atoms with Gasteiger partial charge in [-0.15, -0.1) is 5.10 Å². The molecule has 23 heavy (non-hydrogen) atoms. The Morgan fingerprint density at radius 1 is 0.739 bits per heavy atom. The number of hydrogen-bond acceptors (Lipinski definition) is 3. The Hall–Kier alpha value is -2.55. The Labute approximate surface area is 136 Å². The normalized spacial score (nSPS) is 15.3. The molecule has 116 valence electrons. The van der Waals surface area contributed by atoms with Crippen molar-refractivity contribution in [1.29, 1.82) is 0 Å². The fraction of sp³-hybridized carbons (Fsp3) is 0.250. The molecular formula is C20H20N2O. The van der Waals surface area contributed by atoms with Crippen LogP contribution in [0.5, 0.6) is 0 Å². The fourth-order valence-electron chi connectivity index (χ4n) is 2.74. The lowest BCUT2D eigenvalue weighted by Crippen LogP contribution is -2.16. The molecule has 0 N–H and O–H groups in total. The first-order chi connectivity index (χ1) is 11.3. The lowest BCUT2D eigenvalue weighted by molar-refractivity contribution is 0.106. The van der Waals surface area contributed by atoms with Crippen molar-refractivity contribution in [3.63, 3.8) is 0 Å². The fourth-order valence-corrected chi connectivity index (χ4v) is 2.74. The van der Waals surface area contributed by atoms with Crippen molar-refractivity contribution >= 4 is 17.2 Å². The van der Waals surface area contributed by atoms with E-state index in [1.807, 2.05) is 60.7 Å². The molecule has 1 saturated carbocycles. The first-order valence-corrected chi connectivity index (χ1v) is 8.13. The maximum atomic E-state index is 12.8. The summed E-state index contributed by atoms with van der Waals surface area (Å²) in [5.41, 5.74) is 2.96. The quantitative estimate of drug-likeness (QED) is 0.459. The van der Waals surface area contributed by atoms with Crippen LogP contribution >= 0.6 is 0 Å². The molecule has 1 aliphatic rings. The van der Waals surface area contributed by atoms with Crippen LogP contribution in [0.2, 0.25) is 0 Å². The molecule has 0 aliphatic heterocycles. The van der Waals surface area contributed by atoms with Gasteiger partial charge in [0.2, 0.25) is 5.78 Å². The molecule has 0 spiro atoms. The van der Waals surface area contributed by atoms with Crippen molar-refractivity contribution in [3.8, 4) is 0 Å². The van der Waals surface area contributed by atoms with Gasteiger partial charge in [-0.1, -0.05) is 67.1 Å². The van der Waals surface area contributed by atoms with Crippen LogP contribution in [0.3, 0.4) is 0 Å². The monoisotopic (exact) mass is 304 g/mol. The lowest BCUT2D eigenvalue weighted by Gasteiger charge is -2.11. The van der Waals surface area contributed by atoms with Crippen LogP contribution in [0.1, 0.15) is 48.0 Å². The molecular weight excluding hydrogens is 284 g/mol. The standard InChI is InChI=1S/C20H20N2O/c23-20(17-12-6-2-7-13-17)19(16-10-4-1-5-11-16)22-21-18-14-8-3-9-15-18/h1-2,4-7,10-13H,3,8-9,14-15H2/b22-19-. The summed E-state index contributed by atoms with van der Waals surface area (Å²) in [7, 11) is 0. The number of carbonyl (C=O) groups excluding carboxylic acids is 1. The van der Waals surface area contributed by atoms with Gasteiger partial charge in [-0.05, 0) is 25.7 Å². The number of hydrogen-bond donors (Lipinski definition) is 0. The first-order valence-electron chi connectivity index (χ1n) is 8.13. The SMILES string of the molecule is O=C(/C(=N\N=C1CCCCC1)c1ccccc1)c1ccccc1. The van der Waals surface area contributed by atoms with Crippen LogP contribution in [0.4, 0.5) is 0 Å². The first kappa shape index (κ1) is 15.3. The second-order valence-electron chi connectivity index (χ2n) is 5.74. The molecule has 1 aliphatic carbocycles. The molecule has 0 aromatic heterocycles. The summed E-state index contributed by atoms with van der Waals surface area (Å²) in [4.78, 5) is 12.8. The number of Topliss-reactive ketones (excluding diaryl/α,β-unsaturated/α-hetero) is 1. The Morgan fingerprint density at radius 3 is 1.91 bits per heavy atom. The van der Waals surface area contributed by atoms with E-state index in [4.69, 9.17) is 0 Å². The van der Waals surface area contributed by atoms with Gasteiger partial charge in [0.25, 0.3) is 0 Å². The van der Waals surface area contributed by atoms with Gasteiger partial charge in [0.15, 0.2) is 0 Å². The predicted octanol–water partition coefficient (Wildman–Crippen LogP) is 4.68. The zero-order valence-corrected chi connectivity index (χ0v) is 13.1. The molecule has 3 rings (SSSR count). The van der Waals surface area contributed by atoms with Gasteiger partial charge in [0, 0.05) is 16.8 Å². The molecule has 2 aromatic carbocycles. The lowest BCUT2D eigenvalue weighted by atomic mass is 9.99. The van der Waals surface area contributed by atoms with Gasteiger partial charge in [-0.3, -0.25) is 4.79 Å². The van der Waals surface area contributed by atoms with E-state index >= 15 is 0 Å². The van der Waals surface area contributed by atoms with Crippen molar-refractivity contribution in [2.24, 2.45) is 10.2 Å². The topological polar surface area (TPSA) is 41.8 Å². The second-order valence-corrected chi connectivity index (χ2v) is 5.74. The molecule has 0 saturated heterocycles. The predicted molar refractivity (Wildman–Crippen MR) is 94.3 cm³/mol. The van der Waals surface area contributed by atoms with E-state index in [-0.39, 0.29) is 5.78 Å². The average molecular weight is 304 g/mol. The molecule has 0 atom stereocenters. The summed E-state index contributed by atoms with van der Waals surface area (Å²) in [5, 5.41) is 8.74. The van der Waals surface area contributed by atoms with Crippen molar-refractivity contribution < 1.29 is 4.79 Å². The number of rotatable bonds is 4. The number of benzene rings is 2. The van der Waals surface area contributed by atoms with Crippen molar-refractivity contribution in [2.45, 2.75) is 32.1 Å². The van der Waals surface area contributed by atoms with Crippen molar-refractivity contribution in [2.75, 3.05) is 0 Å². The number of ketones is 1. The maximum Gasteiger partial charge on any atom is 0.213 e. The van der Waals surface area contributed by atoms with Gasteiger partial charge in [-0.2, -0.15) is 5.10 Å². The van der Waals surface area contributed by atoms with E-state index < -0.39 is 0 Å². The summed E-state index contributed by atoms with van der Waals surface area (Å²) in [6.07, 6.45) is 5.58. The smallest absolute Gasteiger partial charge is 0.213 e. The van der Waals surface area contributed by atoms with Gasteiger partial charge in [-0.25, -0.2) is 0 Å². The van der Waals surface area contributed by atoms with E-state index in [1.54, 1.807) is 0 Å². The third kappa shape index (κ3) is 4.01. The number of nitrogens with zero attached hydrogens (tertiary/aromatic N) is 2. The average Bonchev–Trinajstić information content (AvgIpc) is 2.64. The highest BCUT2D eigenvalue weighted by Crippen LogP contribution is 2.16. The Balaban J connectivity index is 1.95. The van der Waals surface area contributed by atoms with E-state index in [0.717, 1.165) is 24.1 Å². The molecule has 0 bridgehead atoms. The van der Waals surface area contributed by atoms with E-state index in [9.17, 15) is 4.79 Å². The van der Waals surface area contributed by atoms with Crippen LogP contribution < -0.4 is 0 Å². The van der Waals surface area contributed by atoms with Crippen LogP contribution in [-0.2, 0) is 0 Å². The highest BCUT2D eigenvalue weighted by Gasteiger charge is 2.16. The minimum Gasteiger partial charge on any atom is -0.287 e. The van der Waals surface area contributed by atoms with Gasteiger partial charge in [0.1, 0.15) is 5.71 Å². The maximum absolute atomic E-state index is 12.8. The second kappa shape index (κ2) is 7.63. The van der Waals surface area contributed by atoms with Gasteiger partial charge < -0.3 is 0 Å². The Kier molecular flexibility index (Phi) is 5.09. The molecule has 0 unspecified atom stereocenters. The molecule has 2 aromatic rings. The Bertz CT molecular complexity index is 710. The van der Waals surface area contributed by atoms with Crippen LogP contribution in [-0.4, -0.2) is 17.2 Å². The third-order valence-electron chi connectivity index (χ3n) is 4.02. The third-order valence-corrected chi connectivity index (χ3v) is 4.02. The molecule has 3 nitrogen and oxygen atoms in total. The largest absolute Gasteiger partial charge is 0.287 e. The summed E-state index contributed by atoms with van der Waals surface area (Å²) >= 11 is 0. The zero-order chi connectivity index (χ0) is 15.9. The molecule has 1 fully saturated rings. The van der Waals surface area contributed by atoms with Crippen molar-refractivity contribution in [3.05, 3.63) is 71.8 Å². The zero-order valence-electron chi connectivity index (χ0n) is 13.1. The molecule has 0 radical (unpaired) electrons. The van der Waals surface area contributed by atoms with E-state index in [1.165, 1.54) is 19.3 Å². The molecule has 0 amide bonds. The Morgan fingerprint density at radius 2 is 1.30 bits per heavy atom. The minimum atomic E-state index is -0.0861. The summed E-state index contributed by atoms with van der Waals surface area (Å²) in [5.74, 6) is -0.0861. The van der Waals surface area contributed by atoms with Crippen LogP contribution in [0, 0.1) is 0 Å². The number of carbonyl (C=O) groups is 1. The molecule has 0 heterocycles. The van der Waals surface area contributed by atoms with Gasteiger partial charge in [0.05, 0.1) is 0 Å². The van der Waals surface area contributed by atoms with E-state index in [2.05, 4.69) is 10.2 Å². The summed E-state index contributed by atoms with van der Waals surface area (Å²) in [6.45, 7) is 0. The summed E-state index contributed by atoms with van der Waals surface area (Å²) < 4.78 is 0. The van der Waals surface area contributed by atoms with Crippen molar-refractivity contribution in [1.82, 2.24) is 0 Å². The van der Waals surface area contributed by atoms with E-state index in [0.29, 0.717) is 11.3 Å². The van der Waals surface area contributed by atoms with Crippen LogP contribution in [0.15, 0.2) is 70.9 Å². The highest BCUT2D eigenvalue weighted by atomic mass is 16.1. The van der Waals surface area contributed by atoms with Gasteiger partial charge >= 0.3 is 0 Å².